The number of nitro benzene ring substituents is 1. The fourth-order valence-corrected chi connectivity index (χ4v) is 2.53. The molecule has 0 radical (unpaired) electrons. The van der Waals surface area contributed by atoms with Gasteiger partial charge in [-0.15, -0.1) is 0 Å². The van der Waals surface area contributed by atoms with Crippen LogP contribution >= 0.6 is 11.6 Å². The first-order valence-corrected chi connectivity index (χ1v) is 7.74. The van der Waals surface area contributed by atoms with Crippen molar-refractivity contribution in [1.29, 1.82) is 0 Å². The highest BCUT2D eigenvalue weighted by Crippen LogP contribution is 2.23. The van der Waals surface area contributed by atoms with Crippen molar-refractivity contribution in [2.24, 2.45) is 0 Å². The first-order valence-electron chi connectivity index (χ1n) is 7.36. The highest BCUT2D eigenvalue weighted by molar-refractivity contribution is 6.31. The molecule has 0 bridgehead atoms. The van der Waals surface area contributed by atoms with Gasteiger partial charge in [0.1, 0.15) is 5.56 Å². The lowest BCUT2D eigenvalue weighted by Crippen LogP contribution is -2.34. The molecule has 2 aromatic carbocycles. The standard InChI is InChI=1S/C17H17ClN2O4/c1-11(9-16(21)12-5-3-2-4-6-12)19-17(22)14-10-13(18)7-8-15(14)20(23)24/h2-8,10-11,16,21H,9H2,1H3,(H,19,22). The first-order chi connectivity index (χ1) is 11.4. The van der Waals surface area contributed by atoms with E-state index in [0.717, 1.165) is 5.56 Å². The van der Waals surface area contributed by atoms with Crippen LogP contribution in [0.25, 0.3) is 0 Å². The SMILES string of the molecule is CC(CC(O)c1ccccc1)NC(=O)c1cc(Cl)ccc1[N+](=O)[O-]. The van der Waals surface area contributed by atoms with Gasteiger partial charge in [0.2, 0.25) is 0 Å². The lowest BCUT2D eigenvalue weighted by atomic mass is 10.0. The number of halogens is 1. The third kappa shape index (κ3) is 4.53. The Kier molecular flexibility index (Phi) is 5.89. The minimum Gasteiger partial charge on any atom is -0.388 e. The Morgan fingerprint density at radius 1 is 1.29 bits per heavy atom. The van der Waals surface area contributed by atoms with Gasteiger partial charge in [-0.1, -0.05) is 41.9 Å². The van der Waals surface area contributed by atoms with Crippen LogP contribution in [-0.2, 0) is 0 Å². The average molecular weight is 349 g/mol. The van der Waals surface area contributed by atoms with Gasteiger partial charge in [0, 0.05) is 17.1 Å². The summed E-state index contributed by atoms with van der Waals surface area (Å²) in [6, 6.07) is 12.5. The summed E-state index contributed by atoms with van der Waals surface area (Å²) in [6.45, 7) is 1.72. The fourth-order valence-electron chi connectivity index (χ4n) is 2.36. The Labute approximate surface area is 144 Å². The minimum atomic E-state index is -0.740. The number of carbonyl (C=O) groups is 1. The Morgan fingerprint density at radius 3 is 2.58 bits per heavy atom. The average Bonchev–Trinajstić information content (AvgIpc) is 2.55. The second-order valence-electron chi connectivity index (χ2n) is 5.46. The fraction of sp³-hybridized carbons (Fsp3) is 0.235. The summed E-state index contributed by atoms with van der Waals surface area (Å²) < 4.78 is 0. The van der Waals surface area contributed by atoms with E-state index in [1.807, 2.05) is 18.2 Å². The van der Waals surface area contributed by atoms with E-state index in [0.29, 0.717) is 0 Å². The largest absolute Gasteiger partial charge is 0.388 e. The van der Waals surface area contributed by atoms with Crippen LogP contribution in [0.4, 0.5) is 5.69 Å². The molecule has 2 unspecified atom stereocenters. The highest BCUT2D eigenvalue weighted by Gasteiger charge is 2.22. The molecule has 0 saturated heterocycles. The number of nitrogens with zero attached hydrogens (tertiary/aromatic N) is 1. The van der Waals surface area contributed by atoms with Crippen molar-refractivity contribution in [2.75, 3.05) is 0 Å². The van der Waals surface area contributed by atoms with Crippen LogP contribution in [0.1, 0.15) is 35.4 Å². The van der Waals surface area contributed by atoms with E-state index >= 15 is 0 Å². The number of aliphatic hydroxyl groups is 1. The maximum atomic E-state index is 12.3. The number of amides is 1. The van der Waals surface area contributed by atoms with E-state index in [4.69, 9.17) is 11.6 Å². The number of nitrogens with one attached hydrogen (secondary N) is 1. The van der Waals surface area contributed by atoms with E-state index < -0.39 is 16.9 Å². The van der Waals surface area contributed by atoms with E-state index in [-0.39, 0.29) is 28.7 Å². The van der Waals surface area contributed by atoms with Crippen LogP contribution < -0.4 is 5.32 Å². The highest BCUT2D eigenvalue weighted by atomic mass is 35.5. The van der Waals surface area contributed by atoms with Gasteiger partial charge in [-0.05, 0) is 31.0 Å². The molecule has 0 aliphatic rings. The van der Waals surface area contributed by atoms with Crippen LogP contribution in [0.5, 0.6) is 0 Å². The van der Waals surface area contributed by atoms with Crippen molar-refractivity contribution in [3.63, 3.8) is 0 Å². The second-order valence-corrected chi connectivity index (χ2v) is 5.89. The number of rotatable bonds is 6. The minimum absolute atomic E-state index is 0.103. The molecule has 2 aromatic rings. The summed E-state index contributed by atoms with van der Waals surface area (Å²) in [5.41, 5.74) is 0.327. The Balaban J connectivity index is 2.07. The van der Waals surface area contributed by atoms with Gasteiger partial charge in [0.05, 0.1) is 11.0 Å². The number of benzene rings is 2. The zero-order chi connectivity index (χ0) is 17.7. The number of nitro groups is 1. The molecule has 0 aromatic heterocycles. The number of carbonyl (C=O) groups excluding carboxylic acids is 1. The van der Waals surface area contributed by atoms with Gasteiger partial charge in [-0.25, -0.2) is 0 Å². The van der Waals surface area contributed by atoms with Crippen molar-refractivity contribution >= 4 is 23.2 Å². The summed E-state index contributed by atoms with van der Waals surface area (Å²) in [7, 11) is 0. The molecule has 24 heavy (non-hydrogen) atoms. The molecule has 6 nitrogen and oxygen atoms in total. The maximum absolute atomic E-state index is 12.3. The van der Waals surface area contributed by atoms with Crippen LogP contribution in [0.15, 0.2) is 48.5 Å². The predicted octanol–water partition coefficient (Wildman–Crippen LogP) is 3.49. The van der Waals surface area contributed by atoms with Gasteiger partial charge < -0.3 is 10.4 Å². The zero-order valence-electron chi connectivity index (χ0n) is 13.0. The third-order valence-corrected chi connectivity index (χ3v) is 3.77. The van der Waals surface area contributed by atoms with Crippen molar-refractivity contribution in [3.8, 4) is 0 Å². The molecule has 0 spiro atoms. The van der Waals surface area contributed by atoms with Crippen LogP contribution in [0.2, 0.25) is 5.02 Å². The third-order valence-electron chi connectivity index (χ3n) is 3.54. The Bertz CT molecular complexity index is 737. The van der Waals surface area contributed by atoms with Gasteiger partial charge >= 0.3 is 0 Å². The maximum Gasteiger partial charge on any atom is 0.282 e. The van der Waals surface area contributed by atoms with Crippen molar-refractivity contribution in [1.82, 2.24) is 5.32 Å². The number of hydrogen-bond acceptors (Lipinski definition) is 4. The van der Waals surface area contributed by atoms with Gasteiger partial charge in [0.15, 0.2) is 0 Å². The molecule has 0 fully saturated rings. The van der Waals surface area contributed by atoms with E-state index in [9.17, 15) is 20.0 Å². The predicted molar refractivity (Wildman–Crippen MR) is 91.1 cm³/mol. The van der Waals surface area contributed by atoms with Gasteiger partial charge in [-0.2, -0.15) is 0 Å². The molecule has 0 heterocycles. The summed E-state index contributed by atoms with van der Waals surface area (Å²) in [5.74, 6) is -0.600. The normalized spacial score (nSPS) is 13.1. The number of aliphatic hydroxyl groups excluding tert-OH is 1. The molecular formula is C17H17ClN2O4. The summed E-state index contributed by atoms with van der Waals surface area (Å²) in [4.78, 5) is 22.7. The van der Waals surface area contributed by atoms with Crippen LogP contribution in [-0.4, -0.2) is 22.0 Å². The molecule has 7 heteroatoms. The Morgan fingerprint density at radius 2 is 1.96 bits per heavy atom. The van der Waals surface area contributed by atoms with Crippen molar-refractivity contribution in [2.45, 2.75) is 25.5 Å². The number of hydrogen-bond donors (Lipinski definition) is 2. The molecule has 0 saturated carbocycles. The summed E-state index contributed by atoms with van der Waals surface area (Å²) >= 11 is 5.82. The zero-order valence-corrected chi connectivity index (χ0v) is 13.7. The van der Waals surface area contributed by atoms with Crippen molar-refractivity contribution < 1.29 is 14.8 Å². The summed E-state index contributed by atoms with van der Waals surface area (Å²) in [5, 5.41) is 24.1. The van der Waals surface area contributed by atoms with Crippen LogP contribution in [0.3, 0.4) is 0 Å². The molecule has 2 atom stereocenters. The lowest BCUT2D eigenvalue weighted by Gasteiger charge is -2.18. The monoisotopic (exact) mass is 348 g/mol. The molecular weight excluding hydrogens is 332 g/mol. The van der Waals surface area contributed by atoms with Crippen LogP contribution in [0, 0.1) is 10.1 Å². The molecule has 2 rings (SSSR count). The van der Waals surface area contributed by atoms with E-state index in [1.54, 1.807) is 19.1 Å². The lowest BCUT2D eigenvalue weighted by molar-refractivity contribution is -0.385. The van der Waals surface area contributed by atoms with E-state index in [2.05, 4.69) is 5.32 Å². The molecule has 1 amide bonds. The Hall–Kier alpha value is -2.44. The van der Waals surface area contributed by atoms with Crippen molar-refractivity contribution in [3.05, 3.63) is 74.8 Å². The smallest absolute Gasteiger partial charge is 0.282 e. The molecule has 2 N–H and O–H groups in total. The van der Waals surface area contributed by atoms with Gasteiger partial charge in [0.25, 0.3) is 11.6 Å². The molecule has 0 aliphatic carbocycles. The topological polar surface area (TPSA) is 92.5 Å². The van der Waals surface area contributed by atoms with E-state index in [1.165, 1.54) is 18.2 Å². The molecule has 0 aliphatic heterocycles. The quantitative estimate of drug-likeness (QED) is 0.617. The summed E-state index contributed by atoms with van der Waals surface area (Å²) in [6.07, 6.45) is -0.458. The van der Waals surface area contributed by atoms with Gasteiger partial charge in [-0.3, -0.25) is 14.9 Å². The second kappa shape index (κ2) is 7.90. The molecule has 126 valence electrons. The first kappa shape index (κ1) is 17.9.